The lowest BCUT2D eigenvalue weighted by atomic mass is 10.5. The van der Waals surface area contributed by atoms with Gasteiger partial charge in [-0.15, -0.1) is 12.4 Å². The van der Waals surface area contributed by atoms with Crippen LogP contribution in [0.3, 0.4) is 0 Å². The standard InChI is InChI=1S/C11H14N4O4.ClH/c1-13-9-8(10(16)14(2)11(13)17)15(6-12-9)5-7-18-3-4-19-7;/h6-7H,3-5H2,1-2H3;1H. The quantitative estimate of drug-likeness (QED) is 0.728. The minimum Gasteiger partial charge on any atom is -0.348 e. The van der Waals surface area contributed by atoms with Crippen molar-refractivity contribution in [3.63, 3.8) is 0 Å². The molecule has 0 aromatic carbocycles. The summed E-state index contributed by atoms with van der Waals surface area (Å²) in [6.45, 7) is 1.48. The van der Waals surface area contributed by atoms with E-state index in [-0.39, 0.29) is 24.3 Å². The van der Waals surface area contributed by atoms with E-state index in [2.05, 4.69) is 4.98 Å². The highest BCUT2D eigenvalue weighted by molar-refractivity contribution is 5.85. The molecule has 2 aromatic heterocycles. The molecule has 0 amide bonds. The second kappa shape index (κ2) is 5.39. The van der Waals surface area contributed by atoms with Gasteiger partial charge in [-0.2, -0.15) is 0 Å². The van der Waals surface area contributed by atoms with Crippen molar-refractivity contribution in [2.24, 2.45) is 14.1 Å². The first-order valence-corrected chi connectivity index (χ1v) is 5.93. The summed E-state index contributed by atoms with van der Waals surface area (Å²) in [5.41, 5.74) is -0.0143. The Kier molecular flexibility index (Phi) is 3.98. The minimum atomic E-state index is -0.392. The van der Waals surface area contributed by atoms with Crippen LogP contribution in [0.4, 0.5) is 0 Å². The lowest BCUT2D eigenvalue weighted by molar-refractivity contribution is -0.0518. The fourth-order valence-electron chi connectivity index (χ4n) is 2.21. The maximum atomic E-state index is 12.2. The van der Waals surface area contributed by atoms with Gasteiger partial charge in [-0.3, -0.25) is 13.9 Å². The van der Waals surface area contributed by atoms with Crippen molar-refractivity contribution >= 4 is 23.6 Å². The van der Waals surface area contributed by atoms with Crippen LogP contribution in [0.1, 0.15) is 0 Å². The third-order valence-electron chi connectivity index (χ3n) is 3.25. The van der Waals surface area contributed by atoms with Gasteiger partial charge in [0, 0.05) is 14.1 Å². The third-order valence-corrected chi connectivity index (χ3v) is 3.25. The SMILES string of the molecule is Cl.Cn1c(=O)c2c(ncn2CC2OCCO2)n(C)c1=O. The van der Waals surface area contributed by atoms with Crippen molar-refractivity contribution in [1.29, 1.82) is 0 Å². The summed E-state index contributed by atoms with van der Waals surface area (Å²) in [4.78, 5) is 28.1. The monoisotopic (exact) mass is 302 g/mol. The molecule has 3 heterocycles. The first-order valence-electron chi connectivity index (χ1n) is 5.93. The van der Waals surface area contributed by atoms with E-state index >= 15 is 0 Å². The van der Waals surface area contributed by atoms with Crippen LogP contribution >= 0.6 is 12.4 Å². The molecule has 1 aliphatic rings. The number of rotatable bonds is 2. The molecular weight excluding hydrogens is 288 g/mol. The Labute approximate surface area is 119 Å². The molecule has 0 atom stereocenters. The predicted octanol–water partition coefficient (Wildman–Crippen LogP) is -0.772. The highest BCUT2D eigenvalue weighted by Crippen LogP contribution is 2.11. The molecule has 8 nitrogen and oxygen atoms in total. The van der Waals surface area contributed by atoms with Crippen LogP contribution in [-0.4, -0.2) is 38.2 Å². The molecule has 1 fully saturated rings. The lowest BCUT2D eigenvalue weighted by Gasteiger charge is -2.10. The zero-order valence-electron chi connectivity index (χ0n) is 11.1. The van der Waals surface area contributed by atoms with E-state index in [1.165, 1.54) is 17.9 Å². The second-order valence-corrected chi connectivity index (χ2v) is 4.45. The summed E-state index contributed by atoms with van der Waals surface area (Å²) >= 11 is 0. The highest BCUT2D eigenvalue weighted by atomic mass is 35.5. The molecule has 3 rings (SSSR count). The number of aryl methyl sites for hydroxylation is 1. The molecule has 0 bridgehead atoms. The summed E-state index contributed by atoms with van der Waals surface area (Å²) in [6.07, 6.45) is 1.15. The molecule has 0 aliphatic carbocycles. The topological polar surface area (TPSA) is 80.3 Å². The van der Waals surface area contributed by atoms with Gasteiger partial charge in [-0.05, 0) is 0 Å². The summed E-state index contributed by atoms with van der Waals surface area (Å²) < 4.78 is 14.8. The molecule has 0 N–H and O–H groups in total. The molecule has 1 saturated heterocycles. The number of halogens is 1. The molecule has 2 aromatic rings. The summed E-state index contributed by atoms with van der Waals surface area (Å²) in [5, 5.41) is 0. The van der Waals surface area contributed by atoms with Crippen molar-refractivity contribution in [2.75, 3.05) is 13.2 Å². The van der Waals surface area contributed by atoms with Gasteiger partial charge in [0.15, 0.2) is 17.5 Å². The maximum absolute atomic E-state index is 12.2. The van der Waals surface area contributed by atoms with Crippen molar-refractivity contribution in [3.05, 3.63) is 27.2 Å². The van der Waals surface area contributed by atoms with E-state index < -0.39 is 5.69 Å². The maximum Gasteiger partial charge on any atom is 0.332 e. The summed E-state index contributed by atoms with van der Waals surface area (Å²) in [7, 11) is 3.04. The van der Waals surface area contributed by atoms with Crippen LogP contribution in [0.5, 0.6) is 0 Å². The van der Waals surface area contributed by atoms with Crippen molar-refractivity contribution in [2.45, 2.75) is 12.8 Å². The van der Waals surface area contributed by atoms with E-state index in [0.29, 0.717) is 30.9 Å². The molecule has 9 heteroatoms. The van der Waals surface area contributed by atoms with Gasteiger partial charge < -0.3 is 14.0 Å². The zero-order chi connectivity index (χ0) is 13.6. The lowest BCUT2D eigenvalue weighted by Crippen LogP contribution is -2.37. The number of aromatic nitrogens is 4. The smallest absolute Gasteiger partial charge is 0.332 e. The van der Waals surface area contributed by atoms with E-state index in [1.54, 1.807) is 11.6 Å². The molecular formula is C11H15ClN4O4. The Morgan fingerprint density at radius 1 is 1.25 bits per heavy atom. The molecule has 1 aliphatic heterocycles. The number of fused-ring (bicyclic) bond motifs is 1. The minimum absolute atomic E-state index is 0. The molecule has 0 spiro atoms. The van der Waals surface area contributed by atoms with E-state index in [1.807, 2.05) is 0 Å². The third kappa shape index (κ3) is 2.15. The first-order chi connectivity index (χ1) is 9.09. The Bertz CT molecular complexity index is 741. The Morgan fingerprint density at radius 3 is 2.55 bits per heavy atom. The van der Waals surface area contributed by atoms with Crippen molar-refractivity contribution < 1.29 is 9.47 Å². The number of imidazole rings is 1. The van der Waals surface area contributed by atoms with Crippen LogP contribution in [0.25, 0.3) is 11.2 Å². The highest BCUT2D eigenvalue weighted by Gasteiger charge is 2.20. The number of nitrogens with zero attached hydrogens (tertiary/aromatic N) is 4. The average Bonchev–Trinajstić information content (AvgIpc) is 3.04. The van der Waals surface area contributed by atoms with Gasteiger partial charge >= 0.3 is 5.69 Å². The van der Waals surface area contributed by atoms with Gasteiger partial charge in [-0.1, -0.05) is 0 Å². The Balaban J connectivity index is 0.00000147. The average molecular weight is 303 g/mol. The molecule has 0 radical (unpaired) electrons. The van der Waals surface area contributed by atoms with Crippen LogP contribution in [0.15, 0.2) is 15.9 Å². The molecule has 0 unspecified atom stereocenters. The fourth-order valence-corrected chi connectivity index (χ4v) is 2.21. The Hall–Kier alpha value is -1.64. The van der Waals surface area contributed by atoms with E-state index in [4.69, 9.17) is 9.47 Å². The number of hydrogen-bond acceptors (Lipinski definition) is 5. The van der Waals surface area contributed by atoms with Crippen LogP contribution in [-0.2, 0) is 30.1 Å². The summed E-state index contributed by atoms with van der Waals surface area (Å²) in [5.74, 6) is 0. The number of hydrogen-bond donors (Lipinski definition) is 0. The zero-order valence-corrected chi connectivity index (χ0v) is 11.9. The first kappa shape index (κ1) is 14.8. The van der Waals surface area contributed by atoms with Gasteiger partial charge in [-0.25, -0.2) is 9.78 Å². The molecule has 110 valence electrons. The van der Waals surface area contributed by atoms with Gasteiger partial charge in [0.1, 0.15) is 0 Å². The number of ether oxygens (including phenoxy) is 2. The van der Waals surface area contributed by atoms with E-state index in [9.17, 15) is 9.59 Å². The summed E-state index contributed by atoms with van der Waals surface area (Å²) in [6, 6.07) is 0. The van der Waals surface area contributed by atoms with E-state index in [0.717, 1.165) is 4.57 Å². The molecule has 0 saturated carbocycles. The van der Waals surface area contributed by atoms with Crippen molar-refractivity contribution in [1.82, 2.24) is 18.7 Å². The van der Waals surface area contributed by atoms with Crippen LogP contribution in [0.2, 0.25) is 0 Å². The molecule has 20 heavy (non-hydrogen) atoms. The normalized spacial score (nSPS) is 15.7. The fraction of sp³-hybridized carbons (Fsp3) is 0.545. The van der Waals surface area contributed by atoms with Gasteiger partial charge in [0.05, 0.1) is 26.1 Å². The van der Waals surface area contributed by atoms with Crippen LogP contribution < -0.4 is 11.2 Å². The van der Waals surface area contributed by atoms with Gasteiger partial charge in [0.2, 0.25) is 0 Å². The van der Waals surface area contributed by atoms with Gasteiger partial charge in [0.25, 0.3) is 5.56 Å². The second-order valence-electron chi connectivity index (χ2n) is 4.45. The predicted molar refractivity (Wildman–Crippen MR) is 73.2 cm³/mol. The Morgan fingerprint density at radius 2 is 1.90 bits per heavy atom. The van der Waals surface area contributed by atoms with Crippen molar-refractivity contribution in [3.8, 4) is 0 Å². The largest absolute Gasteiger partial charge is 0.348 e. The van der Waals surface area contributed by atoms with Crippen LogP contribution in [0, 0.1) is 0 Å².